The molecule has 1 aromatic carbocycles. The second-order valence-corrected chi connectivity index (χ2v) is 6.24. The zero-order valence-electron chi connectivity index (χ0n) is 13.9. The molecule has 0 bridgehead atoms. The van der Waals surface area contributed by atoms with Gasteiger partial charge >= 0.3 is 0 Å². The first kappa shape index (κ1) is 16.5. The third-order valence-corrected chi connectivity index (χ3v) is 4.68. The van der Waals surface area contributed by atoms with Crippen molar-refractivity contribution in [2.45, 2.75) is 70.9 Å². The largest absolute Gasteiger partial charge is 0.377 e. The number of benzene rings is 1. The summed E-state index contributed by atoms with van der Waals surface area (Å²) in [6, 6.07) is 9.47. The molecule has 0 aliphatic heterocycles. The van der Waals surface area contributed by atoms with Gasteiger partial charge in [-0.15, -0.1) is 0 Å². The van der Waals surface area contributed by atoms with Gasteiger partial charge in [0.25, 0.3) is 0 Å². The van der Waals surface area contributed by atoms with Crippen LogP contribution in [0.2, 0.25) is 0 Å². The smallest absolute Gasteiger partial charge is 0.0699 e. The zero-order chi connectivity index (χ0) is 15.1. The van der Waals surface area contributed by atoms with Crippen LogP contribution in [-0.4, -0.2) is 25.3 Å². The fourth-order valence-electron chi connectivity index (χ4n) is 3.56. The van der Waals surface area contributed by atoms with E-state index in [2.05, 4.69) is 50.4 Å². The first-order valence-corrected chi connectivity index (χ1v) is 8.69. The van der Waals surface area contributed by atoms with Crippen molar-refractivity contribution in [3.8, 4) is 0 Å². The number of ether oxygens (including phenoxy) is 1. The molecule has 1 aliphatic rings. The second kappa shape index (κ2) is 8.55. The molecule has 2 nitrogen and oxygen atoms in total. The van der Waals surface area contributed by atoms with Crippen molar-refractivity contribution in [2.75, 3.05) is 13.2 Å². The molecule has 21 heavy (non-hydrogen) atoms. The Morgan fingerprint density at radius 2 is 2.10 bits per heavy atom. The third-order valence-electron chi connectivity index (χ3n) is 4.68. The van der Waals surface area contributed by atoms with E-state index in [1.165, 1.54) is 32.1 Å². The Balaban J connectivity index is 2.06. The maximum atomic E-state index is 5.87. The van der Waals surface area contributed by atoms with E-state index in [-0.39, 0.29) is 6.10 Å². The molecule has 0 aromatic heterocycles. The topological polar surface area (TPSA) is 21.3 Å². The summed E-state index contributed by atoms with van der Waals surface area (Å²) < 4.78 is 5.87. The summed E-state index contributed by atoms with van der Waals surface area (Å²) in [6.07, 6.45) is 6.55. The van der Waals surface area contributed by atoms with Crippen LogP contribution >= 0.6 is 0 Å². The number of nitrogens with one attached hydrogen (secondary N) is 1. The molecule has 0 saturated carbocycles. The molecule has 2 rings (SSSR count). The van der Waals surface area contributed by atoms with Crippen LogP contribution in [0, 0.1) is 0 Å². The van der Waals surface area contributed by atoms with Gasteiger partial charge in [-0.3, -0.25) is 0 Å². The van der Waals surface area contributed by atoms with Crippen molar-refractivity contribution in [1.82, 2.24) is 5.32 Å². The van der Waals surface area contributed by atoms with Crippen LogP contribution in [0.3, 0.4) is 0 Å². The lowest BCUT2D eigenvalue weighted by Crippen LogP contribution is -2.41. The van der Waals surface area contributed by atoms with Gasteiger partial charge in [0.1, 0.15) is 0 Å². The molecule has 0 amide bonds. The lowest BCUT2D eigenvalue weighted by atomic mass is 9.79. The van der Waals surface area contributed by atoms with Gasteiger partial charge in [0, 0.05) is 12.6 Å². The molecule has 1 aliphatic carbocycles. The predicted octanol–water partition coefficient (Wildman–Crippen LogP) is 4.29. The quantitative estimate of drug-likeness (QED) is 0.771. The van der Waals surface area contributed by atoms with Crippen molar-refractivity contribution < 1.29 is 4.74 Å². The minimum absolute atomic E-state index is 0.288. The Labute approximate surface area is 130 Å². The average molecular weight is 289 g/mol. The summed E-state index contributed by atoms with van der Waals surface area (Å²) in [5.74, 6) is 0.687. The number of hydrogen-bond donors (Lipinski definition) is 1. The van der Waals surface area contributed by atoms with Crippen molar-refractivity contribution in [3.05, 3.63) is 35.4 Å². The van der Waals surface area contributed by atoms with E-state index in [1.54, 1.807) is 11.1 Å². The number of hydrogen-bond acceptors (Lipinski definition) is 2. The lowest BCUT2D eigenvalue weighted by Gasteiger charge is -2.32. The molecular weight excluding hydrogens is 258 g/mol. The third kappa shape index (κ3) is 4.55. The van der Waals surface area contributed by atoms with Gasteiger partial charge in [0.05, 0.1) is 6.10 Å². The first-order valence-electron chi connectivity index (χ1n) is 8.69. The van der Waals surface area contributed by atoms with Crippen molar-refractivity contribution >= 4 is 0 Å². The van der Waals surface area contributed by atoms with E-state index < -0.39 is 0 Å². The van der Waals surface area contributed by atoms with Gasteiger partial charge in [-0.25, -0.2) is 0 Å². The van der Waals surface area contributed by atoms with Crippen LogP contribution in [0.25, 0.3) is 0 Å². The Bertz CT molecular complexity index is 418. The highest BCUT2D eigenvalue weighted by atomic mass is 16.5. The van der Waals surface area contributed by atoms with Crippen LogP contribution in [0.15, 0.2) is 24.3 Å². The molecule has 0 spiro atoms. The molecule has 1 aromatic rings. The Kier molecular flexibility index (Phi) is 6.72. The number of rotatable bonds is 8. The van der Waals surface area contributed by atoms with Crippen LogP contribution in [-0.2, 0) is 11.2 Å². The highest BCUT2D eigenvalue weighted by Crippen LogP contribution is 2.35. The number of fused-ring (bicyclic) bond motifs is 1. The van der Waals surface area contributed by atoms with E-state index >= 15 is 0 Å². The fourth-order valence-corrected chi connectivity index (χ4v) is 3.56. The van der Waals surface area contributed by atoms with Crippen molar-refractivity contribution in [1.29, 1.82) is 0 Å². The summed E-state index contributed by atoms with van der Waals surface area (Å²) >= 11 is 0. The summed E-state index contributed by atoms with van der Waals surface area (Å²) in [5.41, 5.74) is 3.14. The van der Waals surface area contributed by atoms with Gasteiger partial charge < -0.3 is 10.1 Å². The molecule has 3 atom stereocenters. The van der Waals surface area contributed by atoms with Gasteiger partial charge in [0.15, 0.2) is 0 Å². The molecule has 0 radical (unpaired) electrons. The highest BCUT2D eigenvalue weighted by Gasteiger charge is 2.26. The molecular formula is C19H31NO. The fraction of sp³-hybridized carbons (Fsp3) is 0.684. The monoisotopic (exact) mass is 289 g/mol. The first-order chi connectivity index (χ1) is 10.3. The minimum atomic E-state index is 0.288. The van der Waals surface area contributed by atoms with E-state index in [4.69, 9.17) is 4.74 Å². The standard InChI is InChI=1S/C19H31NO/c1-4-13-20-19(15(3)21-5-2)14-17-11-8-10-16-9-6-7-12-18(16)17/h6-7,9,12,15,17,19-20H,4-5,8,10-11,13-14H2,1-3H3. The van der Waals surface area contributed by atoms with Crippen LogP contribution in [0.5, 0.6) is 0 Å². The Hall–Kier alpha value is -0.860. The molecule has 0 fully saturated rings. The normalized spacial score (nSPS) is 20.8. The Morgan fingerprint density at radius 3 is 2.86 bits per heavy atom. The van der Waals surface area contributed by atoms with Crippen molar-refractivity contribution in [3.63, 3.8) is 0 Å². The van der Waals surface area contributed by atoms with E-state index in [9.17, 15) is 0 Å². The summed E-state index contributed by atoms with van der Waals surface area (Å²) in [6.45, 7) is 8.41. The summed E-state index contributed by atoms with van der Waals surface area (Å²) in [4.78, 5) is 0. The summed E-state index contributed by atoms with van der Waals surface area (Å²) in [5, 5.41) is 3.71. The maximum Gasteiger partial charge on any atom is 0.0699 e. The molecule has 2 heteroatoms. The molecule has 0 saturated heterocycles. The van der Waals surface area contributed by atoms with E-state index in [0.717, 1.165) is 13.2 Å². The van der Waals surface area contributed by atoms with Crippen LogP contribution < -0.4 is 5.32 Å². The predicted molar refractivity (Wildman–Crippen MR) is 89.9 cm³/mol. The average Bonchev–Trinajstić information content (AvgIpc) is 2.51. The second-order valence-electron chi connectivity index (χ2n) is 6.24. The molecule has 0 heterocycles. The molecule has 1 N–H and O–H groups in total. The molecule has 3 unspecified atom stereocenters. The lowest BCUT2D eigenvalue weighted by molar-refractivity contribution is 0.0427. The molecule has 118 valence electrons. The van der Waals surface area contributed by atoms with Gasteiger partial charge in [-0.05, 0) is 69.5 Å². The Morgan fingerprint density at radius 1 is 1.29 bits per heavy atom. The maximum absolute atomic E-state index is 5.87. The van der Waals surface area contributed by atoms with E-state index in [0.29, 0.717) is 12.0 Å². The minimum Gasteiger partial charge on any atom is -0.377 e. The van der Waals surface area contributed by atoms with Gasteiger partial charge in [0.2, 0.25) is 0 Å². The zero-order valence-corrected chi connectivity index (χ0v) is 13.9. The van der Waals surface area contributed by atoms with Gasteiger partial charge in [-0.2, -0.15) is 0 Å². The van der Waals surface area contributed by atoms with Gasteiger partial charge in [-0.1, -0.05) is 31.2 Å². The van der Waals surface area contributed by atoms with Crippen LogP contribution in [0.1, 0.15) is 63.5 Å². The summed E-state index contributed by atoms with van der Waals surface area (Å²) in [7, 11) is 0. The number of aryl methyl sites for hydroxylation is 1. The van der Waals surface area contributed by atoms with E-state index in [1.807, 2.05) is 0 Å². The van der Waals surface area contributed by atoms with Crippen molar-refractivity contribution in [2.24, 2.45) is 0 Å². The SMILES string of the molecule is CCCNC(CC1CCCc2ccccc21)C(C)OCC. The van der Waals surface area contributed by atoms with Crippen LogP contribution in [0.4, 0.5) is 0 Å². The highest BCUT2D eigenvalue weighted by molar-refractivity contribution is 5.32.